The molecule has 1 aliphatic rings. The summed E-state index contributed by atoms with van der Waals surface area (Å²) in [5.74, 6) is 0. The van der Waals surface area contributed by atoms with Crippen LogP contribution in [0.15, 0.2) is 12.7 Å². The van der Waals surface area contributed by atoms with Crippen LogP contribution in [0.3, 0.4) is 0 Å². The van der Waals surface area contributed by atoms with E-state index >= 15 is 0 Å². The Balaban J connectivity index is 2.60. The number of hydrogen-bond donors (Lipinski definition) is 5. The highest BCUT2D eigenvalue weighted by molar-refractivity contribution is 4.91. The van der Waals surface area contributed by atoms with Gasteiger partial charge in [0.05, 0.1) is 6.61 Å². The fraction of sp³-hybridized carbons (Fsp3) is 0.778. The van der Waals surface area contributed by atoms with Crippen molar-refractivity contribution in [1.29, 1.82) is 0 Å². The monoisotopic (exact) mass is 219 g/mol. The van der Waals surface area contributed by atoms with Crippen molar-refractivity contribution in [2.24, 2.45) is 0 Å². The van der Waals surface area contributed by atoms with Gasteiger partial charge in [-0.05, 0) is 0 Å². The van der Waals surface area contributed by atoms with E-state index in [-0.39, 0.29) is 0 Å². The van der Waals surface area contributed by atoms with Crippen molar-refractivity contribution in [1.82, 2.24) is 5.32 Å². The predicted molar refractivity (Wildman–Crippen MR) is 52.0 cm³/mol. The van der Waals surface area contributed by atoms with Crippen LogP contribution >= 0.6 is 0 Å². The molecule has 1 rings (SSSR count). The lowest BCUT2D eigenvalue weighted by Gasteiger charge is -2.40. The molecule has 0 amide bonds. The van der Waals surface area contributed by atoms with E-state index in [0.29, 0.717) is 6.54 Å². The summed E-state index contributed by atoms with van der Waals surface area (Å²) in [5.41, 5.74) is 0. The maximum atomic E-state index is 9.53. The van der Waals surface area contributed by atoms with E-state index in [0.717, 1.165) is 0 Å². The van der Waals surface area contributed by atoms with E-state index < -0.39 is 37.3 Å². The molecule has 88 valence electrons. The molecule has 1 fully saturated rings. The molecule has 1 heterocycles. The zero-order valence-corrected chi connectivity index (χ0v) is 8.28. The highest BCUT2D eigenvalue weighted by atomic mass is 16.6. The molecule has 1 saturated heterocycles. The normalized spacial score (nSPS) is 41.5. The van der Waals surface area contributed by atoms with Crippen LogP contribution in [0, 0.1) is 0 Å². The van der Waals surface area contributed by atoms with Gasteiger partial charge in [0.15, 0.2) is 0 Å². The van der Waals surface area contributed by atoms with Gasteiger partial charge in [-0.2, -0.15) is 0 Å². The third kappa shape index (κ3) is 2.75. The highest BCUT2D eigenvalue weighted by Crippen LogP contribution is 2.19. The Morgan fingerprint density at radius 2 is 1.87 bits per heavy atom. The molecule has 0 spiro atoms. The summed E-state index contributed by atoms with van der Waals surface area (Å²) in [5, 5.41) is 40.0. The SMILES string of the molecule is C=CCN[C@@H]1O[C@@H](CO)[C@@H](O)[C@@H](O)[C@@H]1O. The maximum Gasteiger partial charge on any atom is 0.137 e. The van der Waals surface area contributed by atoms with Gasteiger partial charge in [0, 0.05) is 6.54 Å². The minimum absolute atomic E-state index is 0.392. The first-order chi connectivity index (χ1) is 7.11. The quantitative estimate of drug-likeness (QED) is 0.337. The summed E-state index contributed by atoms with van der Waals surface area (Å²) in [7, 11) is 0. The third-order valence-corrected chi connectivity index (χ3v) is 2.36. The van der Waals surface area contributed by atoms with E-state index in [1.54, 1.807) is 6.08 Å². The number of nitrogens with one attached hydrogen (secondary N) is 1. The Kier molecular flexibility index (Phi) is 4.65. The molecular weight excluding hydrogens is 202 g/mol. The largest absolute Gasteiger partial charge is 0.394 e. The number of aliphatic hydroxyl groups is 4. The standard InChI is InChI=1S/C9H17NO5/c1-2-3-10-9-8(14)7(13)6(12)5(4-11)15-9/h2,5-14H,1,3-4H2/t5-,6+,7+,8-,9+/m0/s1. The lowest BCUT2D eigenvalue weighted by atomic mass is 9.98. The van der Waals surface area contributed by atoms with Crippen LogP contribution in [0.5, 0.6) is 0 Å². The van der Waals surface area contributed by atoms with Gasteiger partial charge in [-0.1, -0.05) is 6.08 Å². The summed E-state index contributed by atoms with van der Waals surface area (Å²) in [6, 6.07) is 0. The van der Waals surface area contributed by atoms with Crippen LogP contribution in [-0.4, -0.2) is 64.2 Å². The van der Waals surface area contributed by atoms with Gasteiger partial charge < -0.3 is 25.2 Å². The maximum absolute atomic E-state index is 9.53. The van der Waals surface area contributed by atoms with Crippen molar-refractivity contribution in [3.63, 3.8) is 0 Å². The van der Waals surface area contributed by atoms with E-state index in [2.05, 4.69) is 11.9 Å². The molecule has 5 N–H and O–H groups in total. The average molecular weight is 219 g/mol. The van der Waals surface area contributed by atoms with Crippen LogP contribution in [-0.2, 0) is 4.74 Å². The average Bonchev–Trinajstić information content (AvgIpc) is 2.25. The van der Waals surface area contributed by atoms with Crippen molar-refractivity contribution in [2.45, 2.75) is 30.6 Å². The van der Waals surface area contributed by atoms with Crippen molar-refractivity contribution in [3.8, 4) is 0 Å². The molecule has 0 bridgehead atoms. The fourth-order valence-corrected chi connectivity index (χ4v) is 1.47. The summed E-state index contributed by atoms with van der Waals surface area (Å²) in [6.45, 7) is 3.45. The summed E-state index contributed by atoms with van der Waals surface area (Å²) in [6.07, 6.45) is -4.00. The molecular formula is C9H17NO5. The lowest BCUT2D eigenvalue weighted by molar-refractivity contribution is -0.235. The summed E-state index contributed by atoms with van der Waals surface area (Å²) >= 11 is 0. The minimum atomic E-state index is -1.33. The van der Waals surface area contributed by atoms with Gasteiger partial charge in [0.2, 0.25) is 0 Å². The highest BCUT2D eigenvalue weighted by Gasteiger charge is 2.42. The second-order valence-corrected chi connectivity index (χ2v) is 3.45. The number of rotatable bonds is 4. The fourth-order valence-electron chi connectivity index (χ4n) is 1.47. The van der Waals surface area contributed by atoms with Gasteiger partial charge in [0.1, 0.15) is 30.6 Å². The van der Waals surface area contributed by atoms with Gasteiger partial charge in [-0.15, -0.1) is 6.58 Å². The van der Waals surface area contributed by atoms with Crippen LogP contribution in [0.2, 0.25) is 0 Å². The molecule has 0 unspecified atom stereocenters. The van der Waals surface area contributed by atoms with Crippen molar-refractivity contribution < 1.29 is 25.2 Å². The van der Waals surface area contributed by atoms with E-state index in [9.17, 15) is 15.3 Å². The number of aliphatic hydroxyl groups excluding tert-OH is 4. The topological polar surface area (TPSA) is 102 Å². The second-order valence-electron chi connectivity index (χ2n) is 3.45. The molecule has 0 radical (unpaired) electrons. The Hall–Kier alpha value is -0.500. The zero-order chi connectivity index (χ0) is 11.4. The molecule has 6 heteroatoms. The third-order valence-electron chi connectivity index (χ3n) is 2.36. The van der Waals surface area contributed by atoms with Crippen molar-refractivity contribution >= 4 is 0 Å². The molecule has 15 heavy (non-hydrogen) atoms. The molecule has 0 aromatic rings. The van der Waals surface area contributed by atoms with E-state index in [1.165, 1.54) is 0 Å². The Bertz CT molecular complexity index is 211. The van der Waals surface area contributed by atoms with Crippen LogP contribution in [0.1, 0.15) is 0 Å². The molecule has 0 aliphatic carbocycles. The summed E-state index contributed by atoms with van der Waals surface area (Å²) < 4.78 is 5.16. The first-order valence-corrected chi connectivity index (χ1v) is 4.76. The first-order valence-electron chi connectivity index (χ1n) is 4.76. The van der Waals surface area contributed by atoms with Crippen LogP contribution in [0.4, 0.5) is 0 Å². The van der Waals surface area contributed by atoms with Gasteiger partial charge >= 0.3 is 0 Å². The number of ether oxygens (including phenoxy) is 1. The molecule has 0 saturated carbocycles. The Morgan fingerprint density at radius 1 is 1.20 bits per heavy atom. The molecule has 5 atom stereocenters. The van der Waals surface area contributed by atoms with Gasteiger partial charge in [-0.25, -0.2) is 0 Å². The Labute approximate surface area is 87.8 Å². The van der Waals surface area contributed by atoms with E-state index in [4.69, 9.17) is 9.84 Å². The first kappa shape index (κ1) is 12.6. The molecule has 6 nitrogen and oxygen atoms in total. The van der Waals surface area contributed by atoms with Crippen LogP contribution in [0.25, 0.3) is 0 Å². The lowest BCUT2D eigenvalue weighted by Crippen LogP contribution is -2.62. The second kappa shape index (κ2) is 5.55. The summed E-state index contributed by atoms with van der Waals surface area (Å²) in [4.78, 5) is 0. The zero-order valence-electron chi connectivity index (χ0n) is 8.28. The predicted octanol–water partition coefficient (Wildman–Crippen LogP) is -2.44. The smallest absolute Gasteiger partial charge is 0.137 e. The number of hydrogen-bond acceptors (Lipinski definition) is 6. The minimum Gasteiger partial charge on any atom is -0.394 e. The van der Waals surface area contributed by atoms with E-state index in [1.807, 2.05) is 0 Å². The Morgan fingerprint density at radius 3 is 2.40 bits per heavy atom. The van der Waals surface area contributed by atoms with Crippen molar-refractivity contribution in [2.75, 3.05) is 13.2 Å². The van der Waals surface area contributed by atoms with Crippen LogP contribution < -0.4 is 5.32 Å². The molecule has 0 aromatic carbocycles. The van der Waals surface area contributed by atoms with Gasteiger partial charge in [0.25, 0.3) is 0 Å². The van der Waals surface area contributed by atoms with Crippen molar-refractivity contribution in [3.05, 3.63) is 12.7 Å². The molecule has 1 aliphatic heterocycles. The molecule has 0 aromatic heterocycles. The van der Waals surface area contributed by atoms with Gasteiger partial charge in [-0.3, -0.25) is 5.32 Å².